The average molecular weight is 754 g/mol. The molecule has 0 amide bonds. The number of H-pyrrole nitrogens is 1. The number of hydrogen-bond acceptors (Lipinski definition) is 10. The summed E-state index contributed by atoms with van der Waals surface area (Å²) in [6.45, 7) is 13.3. The summed E-state index contributed by atoms with van der Waals surface area (Å²) in [5, 5.41) is 21.9. The number of nitrogens with one attached hydrogen (secondary N) is 1. The third kappa shape index (κ3) is 10.5. The molecule has 55 heavy (non-hydrogen) atoms. The van der Waals surface area contributed by atoms with Gasteiger partial charge in [-0.1, -0.05) is 119 Å². The maximum atomic E-state index is 13.3. The van der Waals surface area contributed by atoms with Gasteiger partial charge in [0, 0.05) is 29.7 Å². The predicted octanol–water partition coefficient (Wildman–Crippen LogP) is 7.91. The van der Waals surface area contributed by atoms with Crippen molar-refractivity contribution >= 4 is 24.1 Å². The van der Waals surface area contributed by atoms with Crippen molar-refractivity contribution in [2.24, 2.45) is 22.7 Å². The maximum Gasteiger partial charge on any atom is 0.360 e. The largest absolute Gasteiger partial charge is 0.457 e. The molecule has 4 aliphatic rings. The van der Waals surface area contributed by atoms with Crippen LogP contribution in [0.2, 0.25) is 0 Å². The summed E-state index contributed by atoms with van der Waals surface area (Å²) < 4.78 is 23.3. The number of oxazole rings is 1. The third-order valence-corrected chi connectivity index (χ3v) is 10.9. The molecule has 1 saturated carbocycles. The molecule has 6 rings (SSSR count). The molecule has 6 bridgehead atoms. The first kappa shape index (κ1) is 41.3. The third-order valence-electron chi connectivity index (χ3n) is 10.9. The van der Waals surface area contributed by atoms with Crippen LogP contribution >= 0.6 is 0 Å². The molecule has 0 radical (unpaired) electrons. The Balaban J connectivity index is 1.37. The van der Waals surface area contributed by atoms with Crippen LogP contribution in [0.3, 0.4) is 0 Å². The highest BCUT2D eigenvalue weighted by Gasteiger charge is 2.40. The highest BCUT2D eigenvalue weighted by Crippen LogP contribution is 2.41. The number of fused-ring (bicyclic) bond motifs is 10. The molecule has 11 nitrogen and oxygen atoms in total. The summed E-state index contributed by atoms with van der Waals surface area (Å²) in [6, 6.07) is 0. The molecular weight excluding hydrogens is 698 g/mol. The molecule has 1 aliphatic carbocycles. The molecule has 11 heteroatoms. The van der Waals surface area contributed by atoms with Crippen molar-refractivity contribution in [1.82, 2.24) is 15.0 Å². The minimum Gasteiger partial charge on any atom is -0.457 e. The summed E-state index contributed by atoms with van der Waals surface area (Å²) in [4.78, 5) is 38.4. The number of carbonyl (C=O) groups is 2. The zero-order chi connectivity index (χ0) is 39.8. The number of aliphatic hydroxyl groups is 2. The molecule has 0 unspecified atom stereocenters. The zero-order valence-electron chi connectivity index (χ0n) is 32.8. The highest BCUT2D eigenvalue weighted by molar-refractivity contribution is 5.88. The second kappa shape index (κ2) is 18.2. The first-order valence-corrected chi connectivity index (χ1v) is 19.0. The van der Waals surface area contributed by atoms with Crippen LogP contribution in [-0.2, 0) is 14.2 Å². The van der Waals surface area contributed by atoms with Crippen molar-refractivity contribution in [1.29, 1.82) is 0 Å². The predicted molar refractivity (Wildman–Crippen MR) is 211 cm³/mol. The normalized spacial score (nSPS) is 30.7. The van der Waals surface area contributed by atoms with Crippen LogP contribution in [0.1, 0.15) is 100 Å². The topological polar surface area (TPSA) is 160 Å². The van der Waals surface area contributed by atoms with Crippen LogP contribution in [-0.4, -0.2) is 73.7 Å². The quantitative estimate of drug-likeness (QED) is 0.150. The van der Waals surface area contributed by atoms with Crippen LogP contribution in [0, 0.1) is 22.7 Å². The molecule has 2 aromatic heterocycles. The number of hydrogen-bond donors (Lipinski definition) is 3. The second-order valence-corrected chi connectivity index (χ2v) is 15.5. The van der Waals surface area contributed by atoms with Gasteiger partial charge in [-0.2, -0.15) is 0 Å². The van der Waals surface area contributed by atoms with Crippen molar-refractivity contribution in [2.45, 2.75) is 104 Å². The molecule has 2 aromatic rings. The Bertz CT molecular complexity index is 1890. The number of aromatic amines is 1. The summed E-state index contributed by atoms with van der Waals surface area (Å²) in [5.74, 6) is 0.166. The molecular formula is C44H55N3O8. The molecule has 5 heterocycles. The van der Waals surface area contributed by atoms with Gasteiger partial charge >= 0.3 is 11.9 Å². The molecule has 1 saturated heterocycles. The van der Waals surface area contributed by atoms with Crippen LogP contribution in [0.15, 0.2) is 101 Å². The van der Waals surface area contributed by atoms with E-state index in [0.29, 0.717) is 30.5 Å². The number of aromatic nitrogens is 3. The lowest BCUT2D eigenvalue weighted by atomic mass is 9.69. The molecule has 2 fully saturated rings. The van der Waals surface area contributed by atoms with E-state index in [1.165, 1.54) is 18.0 Å². The van der Waals surface area contributed by atoms with Crippen LogP contribution in [0.25, 0.3) is 12.2 Å². The fourth-order valence-corrected chi connectivity index (χ4v) is 6.55. The van der Waals surface area contributed by atoms with Gasteiger partial charge in [0.1, 0.15) is 42.2 Å². The van der Waals surface area contributed by atoms with Gasteiger partial charge in [-0.3, -0.25) is 0 Å². The van der Waals surface area contributed by atoms with E-state index in [1.54, 1.807) is 36.5 Å². The Morgan fingerprint density at radius 2 is 1.49 bits per heavy atom. The number of epoxide rings is 1. The molecule has 0 aromatic carbocycles. The van der Waals surface area contributed by atoms with Crippen LogP contribution in [0.4, 0.5) is 0 Å². The molecule has 294 valence electrons. The van der Waals surface area contributed by atoms with E-state index in [0.717, 1.165) is 6.42 Å². The number of ether oxygens (including phenoxy) is 3. The van der Waals surface area contributed by atoms with Gasteiger partial charge in [0.05, 0.1) is 18.4 Å². The number of imidazole rings is 1. The van der Waals surface area contributed by atoms with E-state index in [1.807, 2.05) is 84.1 Å². The summed E-state index contributed by atoms with van der Waals surface area (Å²) in [5.41, 5.74) is -0.0668. The van der Waals surface area contributed by atoms with Gasteiger partial charge in [-0.15, -0.1) is 0 Å². The van der Waals surface area contributed by atoms with Crippen molar-refractivity contribution in [3.63, 3.8) is 0 Å². The molecule has 8 atom stereocenters. The number of carbonyl (C=O) groups excluding carboxylic acids is 2. The zero-order valence-corrected chi connectivity index (χ0v) is 32.8. The number of allylic oxidation sites excluding steroid dienone is 8. The smallest absolute Gasteiger partial charge is 0.360 e. The lowest BCUT2D eigenvalue weighted by Gasteiger charge is -2.37. The van der Waals surface area contributed by atoms with Gasteiger partial charge in [0.15, 0.2) is 5.69 Å². The summed E-state index contributed by atoms with van der Waals surface area (Å²) in [7, 11) is 0. The minimum atomic E-state index is -0.847. The van der Waals surface area contributed by atoms with Gasteiger partial charge in [0.2, 0.25) is 5.89 Å². The Morgan fingerprint density at radius 3 is 2.15 bits per heavy atom. The molecule has 3 N–H and O–H groups in total. The Labute approximate surface area is 324 Å². The van der Waals surface area contributed by atoms with Gasteiger partial charge in [0.25, 0.3) is 0 Å². The first-order chi connectivity index (χ1) is 26.2. The highest BCUT2D eigenvalue weighted by atomic mass is 16.6. The van der Waals surface area contributed by atoms with Crippen LogP contribution < -0.4 is 0 Å². The molecule has 3 aliphatic heterocycles. The van der Waals surface area contributed by atoms with Crippen LogP contribution in [0.5, 0.6) is 0 Å². The van der Waals surface area contributed by atoms with E-state index >= 15 is 0 Å². The van der Waals surface area contributed by atoms with E-state index in [4.69, 9.17) is 18.6 Å². The number of aliphatic hydroxyl groups excluding tert-OH is 2. The van der Waals surface area contributed by atoms with Gasteiger partial charge in [-0.25, -0.2) is 19.6 Å². The van der Waals surface area contributed by atoms with Crippen molar-refractivity contribution in [3.05, 3.63) is 120 Å². The standard InChI is InChI=1S/C44H55N3O8/c1-8-15-35(48)43(4,5)37-21-12-17-29-25-30(28(29)3)18-13-23-39-45-26-31(46-39)41(50)54-38(44(6,7)36(49)16-9-2)22-14-20-34-33(53-34)19-10-11-24-40-47-32(27-52-40)42(51)55-37/h8-20,23-24,26-29,33-38,48-49H,21-22,25H2,1-7H3,(H,45,46)/b15-8+,16-9+,17-12-,19-10+,20-14-,23-13-,24-11-,30-18+/t28-,29-,33+,34-,35+,36+,37+,38+/m1/s1. The maximum absolute atomic E-state index is 13.3. The van der Waals surface area contributed by atoms with E-state index < -0.39 is 47.2 Å². The van der Waals surface area contributed by atoms with E-state index in [9.17, 15) is 19.8 Å². The summed E-state index contributed by atoms with van der Waals surface area (Å²) >= 11 is 0. The number of nitrogens with zero attached hydrogens (tertiary/aromatic N) is 2. The van der Waals surface area contributed by atoms with Crippen molar-refractivity contribution in [3.8, 4) is 0 Å². The Morgan fingerprint density at radius 1 is 0.855 bits per heavy atom. The minimum absolute atomic E-state index is 0.0379. The average Bonchev–Trinajstić information content (AvgIpc) is 3.46. The lowest BCUT2D eigenvalue weighted by Crippen LogP contribution is -2.42. The fourth-order valence-electron chi connectivity index (χ4n) is 6.55. The Hall–Kier alpha value is -4.84. The van der Waals surface area contributed by atoms with E-state index in [2.05, 4.69) is 34.0 Å². The SMILES string of the molecule is C/C=C/[C@H](O)C(C)(C)[C@@H]1C/C=C\[C@@H]2C/C(=C\C=C/c3ncc([nH]3)C(=O)O[C@H](C(C)(C)[C@@H](O)/C=C/C)C/C=C\[C@H]3O[C@H]3/C=C/C=C\c3nc(co3)C(=O)O1)[C@@H]2C. The van der Waals surface area contributed by atoms with Gasteiger partial charge in [-0.05, 0) is 38.2 Å². The molecule has 0 spiro atoms. The van der Waals surface area contributed by atoms with Crippen molar-refractivity contribution in [2.75, 3.05) is 0 Å². The monoisotopic (exact) mass is 753 g/mol. The summed E-state index contributed by atoms with van der Waals surface area (Å²) in [6.07, 6.45) is 28.9. The van der Waals surface area contributed by atoms with Gasteiger partial charge < -0.3 is 33.8 Å². The lowest BCUT2D eigenvalue weighted by molar-refractivity contribution is -0.0461. The number of rotatable bonds is 6. The number of esters is 2. The second-order valence-electron chi connectivity index (χ2n) is 15.5. The first-order valence-electron chi connectivity index (χ1n) is 19.0. The fraction of sp³-hybridized carbons (Fsp3) is 0.455. The van der Waals surface area contributed by atoms with Crippen molar-refractivity contribution < 1.29 is 38.4 Å². The van der Waals surface area contributed by atoms with E-state index in [-0.39, 0.29) is 29.5 Å². The Kier molecular flexibility index (Phi) is 13.7.